The Morgan fingerprint density at radius 3 is 2.66 bits per heavy atom. The fraction of sp³-hybridized carbons (Fsp3) is 0.333. The van der Waals surface area contributed by atoms with Crippen molar-refractivity contribution in [1.82, 2.24) is 24.8 Å². The molecule has 0 saturated carbocycles. The molecule has 38 heavy (non-hydrogen) atoms. The number of carbonyl (C=O) groups excluding carboxylic acids is 2. The van der Waals surface area contributed by atoms with Gasteiger partial charge >= 0.3 is 0 Å². The van der Waals surface area contributed by atoms with Crippen molar-refractivity contribution in [3.8, 4) is 0 Å². The maximum atomic E-state index is 13.4. The van der Waals surface area contributed by atoms with Gasteiger partial charge in [0, 0.05) is 28.5 Å². The van der Waals surface area contributed by atoms with Gasteiger partial charge < -0.3 is 14.2 Å². The zero-order valence-electron chi connectivity index (χ0n) is 21.2. The normalized spacial score (nSPS) is 15.8. The first-order chi connectivity index (χ1) is 18.1. The summed E-state index contributed by atoms with van der Waals surface area (Å²) in [4.78, 5) is 29.4. The number of nitrogens with zero attached hydrogens (tertiary/aromatic N) is 5. The predicted octanol–water partition coefficient (Wildman–Crippen LogP) is 5.55. The smallest absolute Gasteiger partial charge is 0.290 e. The number of amides is 2. The molecule has 0 bridgehead atoms. The molecule has 2 aromatic carbocycles. The number of hydrogen-bond acceptors (Lipinski definition) is 5. The summed E-state index contributed by atoms with van der Waals surface area (Å²) in [6, 6.07) is 9.92. The molecule has 3 heterocycles. The van der Waals surface area contributed by atoms with E-state index in [9.17, 15) is 14.0 Å². The topological polar surface area (TPSA) is 84.5 Å². The summed E-state index contributed by atoms with van der Waals surface area (Å²) < 4.78 is 21.8. The number of carbonyl (C=O) groups is 2. The van der Waals surface area contributed by atoms with Gasteiger partial charge in [-0.1, -0.05) is 51.8 Å². The van der Waals surface area contributed by atoms with E-state index in [4.69, 9.17) is 16.0 Å². The summed E-state index contributed by atoms with van der Waals surface area (Å²) in [6.07, 6.45) is 2.53. The molecular weight excluding hydrogens is 577 g/mol. The number of aryl methyl sites for hydroxylation is 1. The number of furan rings is 1. The van der Waals surface area contributed by atoms with Crippen molar-refractivity contribution in [2.45, 2.75) is 39.3 Å². The number of fused-ring (bicyclic) bond motifs is 1. The van der Waals surface area contributed by atoms with E-state index in [1.165, 1.54) is 17.0 Å². The highest BCUT2D eigenvalue weighted by molar-refractivity contribution is 9.10. The predicted molar refractivity (Wildman–Crippen MR) is 144 cm³/mol. The first-order valence-electron chi connectivity index (χ1n) is 12.2. The van der Waals surface area contributed by atoms with Crippen molar-refractivity contribution in [3.05, 3.63) is 80.5 Å². The van der Waals surface area contributed by atoms with E-state index in [1.807, 2.05) is 26.1 Å². The highest BCUT2D eigenvalue weighted by atomic mass is 79.9. The molecule has 1 fully saturated rings. The summed E-state index contributed by atoms with van der Waals surface area (Å²) in [7, 11) is 0. The van der Waals surface area contributed by atoms with Crippen LogP contribution in [0.1, 0.15) is 47.6 Å². The van der Waals surface area contributed by atoms with E-state index in [-0.39, 0.29) is 36.5 Å². The largest absolute Gasteiger partial charge is 0.449 e. The first kappa shape index (κ1) is 26.4. The molecule has 2 aromatic heterocycles. The minimum Gasteiger partial charge on any atom is -0.449 e. The van der Waals surface area contributed by atoms with Gasteiger partial charge in [0.2, 0.25) is 5.91 Å². The van der Waals surface area contributed by atoms with Crippen LogP contribution in [0.5, 0.6) is 0 Å². The molecule has 0 spiro atoms. The van der Waals surface area contributed by atoms with Crippen LogP contribution in [0.3, 0.4) is 0 Å². The van der Waals surface area contributed by atoms with Gasteiger partial charge in [0.15, 0.2) is 11.3 Å². The molecule has 8 nitrogen and oxygen atoms in total. The average Bonchev–Trinajstić information content (AvgIpc) is 3.50. The maximum Gasteiger partial charge on any atom is 0.290 e. The van der Waals surface area contributed by atoms with E-state index in [0.29, 0.717) is 41.4 Å². The van der Waals surface area contributed by atoms with Gasteiger partial charge in [0.25, 0.3) is 5.91 Å². The minimum atomic E-state index is -0.517. The lowest BCUT2D eigenvalue weighted by Crippen LogP contribution is -2.51. The second kappa shape index (κ2) is 10.1. The molecule has 5 rings (SSSR count). The Bertz CT molecular complexity index is 1540. The summed E-state index contributed by atoms with van der Waals surface area (Å²) in [5, 5.41) is 9.76. The standard InChI is InChI=1S/C27H26BrClFN5O3/c1-4-27(3,17-5-7-19(30)8-6-17)35-14-20(31-32-35)13-33-9-10-34(15-23(33)36)26(37)24-16(2)21-11-18(28)12-22(29)25(21)38-24/h5-8,11-12,14H,4,9-10,13,15H2,1-3H3. The highest BCUT2D eigenvalue weighted by Crippen LogP contribution is 2.34. The quantitative estimate of drug-likeness (QED) is 0.289. The number of piperazine rings is 1. The fourth-order valence-corrected chi connectivity index (χ4v) is 5.60. The number of hydrogen-bond donors (Lipinski definition) is 0. The van der Waals surface area contributed by atoms with Crippen molar-refractivity contribution in [2.24, 2.45) is 0 Å². The Hall–Kier alpha value is -3.24. The summed E-state index contributed by atoms with van der Waals surface area (Å²) in [5.41, 5.74) is 2.16. The molecule has 1 atom stereocenters. The molecule has 0 N–H and O–H groups in total. The molecular formula is C27H26BrClFN5O3. The molecule has 11 heteroatoms. The summed E-state index contributed by atoms with van der Waals surface area (Å²) >= 11 is 9.72. The van der Waals surface area contributed by atoms with E-state index in [0.717, 1.165) is 15.4 Å². The molecule has 0 aliphatic carbocycles. The molecule has 198 valence electrons. The minimum absolute atomic E-state index is 0.0663. The van der Waals surface area contributed by atoms with E-state index in [2.05, 4.69) is 26.2 Å². The summed E-state index contributed by atoms with van der Waals surface area (Å²) in [6.45, 7) is 6.77. The van der Waals surface area contributed by atoms with Crippen LogP contribution in [-0.4, -0.2) is 56.2 Å². The highest BCUT2D eigenvalue weighted by Gasteiger charge is 2.33. The lowest BCUT2D eigenvalue weighted by Gasteiger charge is -2.33. The Morgan fingerprint density at radius 2 is 1.97 bits per heavy atom. The molecule has 1 saturated heterocycles. The molecule has 1 unspecified atom stereocenters. The molecule has 4 aromatic rings. The van der Waals surface area contributed by atoms with E-state index >= 15 is 0 Å². The van der Waals surface area contributed by atoms with Crippen molar-refractivity contribution in [3.63, 3.8) is 0 Å². The van der Waals surface area contributed by atoms with E-state index in [1.54, 1.807) is 34.7 Å². The molecule has 1 aliphatic heterocycles. The number of rotatable bonds is 6. The van der Waals surface area contributed by atoms with E-state index < -0.39 is 5.54 Å². The second-order valence-electron chi connectivity index (χ2n) is 9.65. The van der Waals surface area contributed by atoms with Crippen molar-refractivity contribution < 1.29 is 18.4 Å². The van der Waals surface area contributed by atoms with Crippen LogP contribution < -0.4 is 0 Å². The van der Waals surface area contributed by atoms with Crippen molar-refractivity contribution in [1.29, 1.82) is 0 Å². The zero-order valence-corrected chi connectivity index (χ0v) is 23.5. The van der Waals surface area contributed by atoms with Gasteiger partial charge in [-0.3, -0.25) is 9.59 Å². The molecule has 0 radical (unpaired) electrons. The van der Waals surface area contributed by atoms with Crippen LogP contribution in [0.4, 0.5) is 4.39 Å². The van der Waals surface area contributed by atoms with Gasteiger partial charge in [-0.15, -0.1) is 5.10 Å². The van der Waals surface area contributed by atoms with Gasteiger partial charge in [-0.2, -0.15) is 0 Å². The Kier molecular flexibility index (Phi) is 7.04. The van der Waals surface area contributed by atoms with Gasteiger partial charge in [-0.25, -0.2) is 9.07 Å². The second-order valence-corrected chi connectivity index (χ2v) is 11.0. The summed E-state index contributed by atoms with van der Waals surface area (Å²) in [5.74, 6) is -0.646. The maximum absolute atomic E-state index is 13.4. The Labute approximate surface area is 232 Å². The lowest BCUT2D eigenvalue weighted by molar-refractivity contribution is -0.135. The van der Waals surface area contributed by atoms with Gasteiger partial charge in [-0.05, 0) is 50.1 Å². The monoisotopic (exact) mass is 601 g/mol. The molecule has 2 amide bonds. The van der Waals surface area contributed by atoms with Crippen LogP contribution in [0.2, 0.25) is 5.02 Å². The first-order valence-corrected chi connectivity index (χ1v) is 13.4. The average molecular weight is 603 g/mol. The van der Waals surface area contributed by atoms with Crippen LogP contribution in [0, 0.1) is 12.7 Å². The third-order valence-electron chi connectivity index (χ3n) is 7.31. The Morgan fingerprint density at radius 1 is 1.24 bits per heavy atom. The third kappa shape index (κ3) is 4.71. The van der Waals surface area contributed by atoms with Crippen LogP contribution >= 0.6 is 27.5 Å². The Balaban J connectivity index is 1.28. The lowest BCUT2D eigenvalue weighted by atomic mass is 9.89. The van der Waals surface area contributed by atoms with Gasteiger partial charge in [0.05, 0.1) is 23.3 Å². The van der Waals surface area contributed by atoms with Gasteiger partial charge in [0.1, 0.15) is 18.1 Å². The number of benzene rings is 2. The van der Waals surface area contributed by atoms with Crippen molar-refractivity contribution in [2.75, 3.05) is 19.6 Å². The van der Waals surface area contributed by atoms with Crippen LogP contribution in [0.15, 0.2) is 51.5 Å². The molecule has 1 aliphatic rings. The SMILES string of the molecule is CCC(C)(c1ccc(F)cc1)n1cc(CN2CCN(C(=O)c3oc4c(Cl)cc(Br)cc4c3C)CC2=O)nn1. The third-order valence-corrected chi connectivity index (χ3v) is 8.05. The number of halogens is 3. The fourth-order valence-electron chi connectivity index (χ4n) is 4.76. The van der Waals surface area contributed by atoms with Crippen molar-refractivity contribution >= 4 is 50.3 Å². The van der Waals surface area contributed by atoms with Crippen LogP contribution in [-0.2, 0) is 16.9 Å². The zero-order chi connectivity index (χ0) is 27.2. The number of aromatic nitrogens is 3. The van der Waals surface area contributed by atoms with Crippen LogP contribution in [0.25, 0.3) is 11.0 Å².